The Bertz CT molecular complexity index is 708. The standard InChI is InChI=1S/C19H22N2O2/c1-13(2)15-8-6-9-16(11-15)21-18(22)12-20-19(23)17-10-5-4-7-14(17)3/h4-11,13H,12H2,1-3H3,(H,20,23)(H,21,22). The summed E-state index contributed by atoms with van der Waals surface area (Å²) in [5.41, 5.74) is 3.37. The maximum atomic E-state index is 12.1. The first-order valence-corrected chi connectivity index (χ1v) is 7.71. The van der Waals surface area contributed by atoms with Gasteiger partial charge in [0.15, 0.2) is 0 Å². The first-order chi connectivity index (χ1) is 11.0. The average molecular weight is 310 g/mol. The summed E-state index contributed by atoms with van der Waals surface area (Å²) in [4.78, 5) is 24.1. The van der Waals surface area contributed by atoms with Crippen molar-refractivity contribution < 1.29 is 9.59 Å². The van der Waals surface area contributed by atoms with E-state index in [1.807, 2.05) is 43.3 Å². The van der Waals surface area contributed by atoms with Crippen LogP contribution in [0.5, 0.6) is 0 Å². The maximum absolute atomic E-state index is 12.1. The monoisotopic (exact) mass is 310 g/mol. The quantitative estimate of drug-likeness (QED) is 0.888. The van der Waals surface area contributed by atoms with Gasteiger partial charge in [0, 0.05) is 11.3 Å². The van der Waals surface area contributed by atoms with Gasteiger partial charge in [0.2, 0.25) is 5.91 Å². The molecule has 0 aliphatic carbocycles. The third-order valence-corrected chi connectivity index (χ3v) is 3.64. The Morgan fingerprint density at radius 2 is 1.78 bits per heavy atom. The van der Waals surface area contributed by atoms with E-state index in [9.17, 15) is 9.59 Å². The molecule has 0 spiro atoms. The van der Waals surface area contributed by atoms with Crippen LogP contribution in [-0.2, 0) is 4.79 Å². The van der Waals surface area contributed by atoms with E-state index in [0.29, 0.717) is 11.5 Å². The molecule has 0 saturated heterocycles. The Hall–Kier alpha value is -2.62. The van der Waals surface area contributed by atoms with E-state index in [2.05, 4.69) is 24.5 Å². The third-order valence-electron chi connectivity index (χ3n) is 3.64. The molecule has 0 aliphatic rings. The number of anilines is 1. The first kappa shape index (κ1) is 16.7. The molecule has 0 saturated carbocycles. The highest BCUT2D eigenvalue weighted by Crippen LogP contribution is 2.18. The van der Waals surface area contributed by atoms with E-state index in [-0.39, 0.29) is 18.4 Å². The van der Waals surface area contributed by atoms with Crippen LogP contribution in [0.15, 0.2) is 48.5 Å². The van der Waals surface area contributed by atoms with Crippen molar-refractivity contribution in [2.45, 2.75) is 26.7 Å². The first-order valence-electron chi connectivity index (χ1n) is 7.71. The number of hydrogen-bond donors (Lipinski definition) is 2. The molecule has 0 bridgehead atoms. The number of carbonyl (C=O) groups excluding carboxylic acids is 2. The predicted octanol–water partition coefficient (Wildman–Crippen LogP) is 3.49. The van der Waals surface area contributed by atoms with Crippen molar-refractivity contribution in [3.8, 4) is 0 Å². The van der Waals surface area contributed by atoms with Crippen LogP contribution < -0.4 is 10.6 Å². The van der Waals surface area contributed by atoms with Gasteiger partial charge in [0.25, 0.3) is 5.91 Å². The molecule has 4 heteroatoms. The summed E-state index contributed by atoms with van der Waals surface area (Å²) in [5, 5.41) is 5.45. The number of carbonyl (C=O) groups is 2. The molecule has 2 N–H and O–H groups in total. The highest BCUT2D eigenvalue weighted by atomic mass is 16.2. The Morgan fingerprint density at radius 1 is 1.04 bits per heavy atom. The molecule has 120 valence electrons. The average Bonchev–Trinajstić information content (AvgIpc) is 2.53. The molecule has 2 aromatic carbocycles. The predicted molar refractivity (Wildman–Crippen MR) is 92.7 cm³/mol. The van der Waals surface area contributed by atoms with Gasteiger partial charge >= 0.3 is 0 Å². The fourth-order valence-electron chi connectivity index (χ4n) is 2.26. The van der Waals surface area contributed by atoms with Crippen molar-refractivity contribution in [1.82, 2.24) is 5.32 Å². The lowest BCUT2D eigenvalue weighted by molar-refractivity contribution is -0.115. The fourth-order valence-corrected chi connectivity index (χ4v) is 2.26. The molecular weight excluding hydrogens is 288 g/mol. The zero-order valence-corrected chi connectivity index (χ0v) is 13.7. The largest absolute Gasteiger partial charge is 0.343 e. The molecule has 0 radical (unpaired) electrons. The van der Waals surface area contributed by atoms with Gasteiger partial charge in [-0.3, -0.25) is 9.59 Å². The van der Waals surface area contributed by atoms with E-state index in [1.54, 1.807) is 12.1 Å². The lowest BCUT2D eigenvalue weighted by atomic mass is 10.0. The van der Waals surface area contributed by atoms with Gasteiger partial charge in [-0.25, -0.2) is 0 Å². The summed E-state index contributed by atoms with van der Waals surface area (Å²) in [7, 11) is 0. The molecule has 0 unspecified atom stereocenters. The van der Waals surface area contributed by atoms with Crippen molar-refractivity contribution in [2.24, 2.45) is 0 Å². The van der Waals surface area contributed by atoms with Gasteiger partial charge < -0.3 is 10.6 Å². The highest BCUT2D eigenvalue weighted by Gasteiger charge is 2.10. The van der Waals surface area contributed by atoms with Gasteiger partial charge in [-0.1, -0.05) is 44.2 Å². The fraction of sp³-hybridized carbons (Fsp3) is 0.263. The van der Waals surface area contributed by atoms with E-state index < -0.39 is 0 Å². The van der Waals surface area contributed by atoms with Gasteiger partial charge in [0.05, 0.1) is 6.54 Å². The Labute approximate surface area is 136 Å². The normalized spacial score (nSPS) is 10.4. The topological polar surface area (TPSA) is 58.2 Å². The smallest absolute Gasteiger partial charge is 0.251 e. The lowest BCUT2D eigenvalue weighted by Crippen LogP contribution is -2.33. The molecule has 23 heavy (non-hydrogen) atoms. The molecule has 4 nitrogen and oxygen atoms in total. The SMILES string of the molecule is Cc1ccccc1C(=O)NCC(=O)Nc1cccc(C(C)C)c1. The molecule has 0 atom stereocenters. The van der Waals surface area contributed by atoms with Gasteiger partial charge in [-0.2, -0.15) is 0 Å². The van der Waals surface area contributed by atoms with E-state index in [1.165, 1.54) is 0 Å². The van der Waals surface area contributed by atoms with Gasteiger partial charge in [-0.05, 0) is 42.2 Å². The Morgan fingerprint density at radius 3 is 2.48 bits per heavy atom. The maximum Gasteiger partial charge on any atom is 0.251 e. The van der Waals surface area contributed by atoms with Crippen LogP contribution in [-0.4, -0.2) is 18.4 Å². The number of benzene rings is 2. The molecule has 2 aromatic rings. The second-order valence-electron chi connectivity index (χ2n) is 5.83. The second kappa shape index (κ2) is 7.58. The second-order valence-corrected chi connectivity index (χ2v) is 5.83. The Balaban J connectivity index is 1.92. The lowest BCUT2D eigenvalue weighted by Gasteiger charge is -2.10. The Kier molecular flexibility index (Phi) is 5.52. The number of hydrogen-bond acceptors (Lipinski definition) is 2. The van der Waals surface area contributed by atoms with Crippen molar-refractivity contribution >= 4 is 17.5 Å². The molecular formula is C19H22N2O2. The number of amides is 2. The van der Waals surface area contributed by atoms with E-state index >= 15 is 0 Å². The summed E-state index contributed by atoms with van der Waals surface area (Å²) in [6.45, 7) is 6.01. The van der Waals surface area contributed by atoms with Gasteiger partial charge in [-0.15, -0.1) is 0 Å². The van der Waals surface area contributed by atoms with Gasteiger partial charge in [0.1, 0.15) is 0 Å². The number of nitrogens with one attached hydrogen (secondary N) is 2. The minimum atomic E-state index is -0.243. The zero-order chi connectivity index (χ0) is 16.8. The summed E-state index contributed by atoms with van der Waals surface area (Å²) >= 11 is 0. The molecule has 2 rings (SSSR count). The van der Waals surface area contributed by atoms with Crippen LogP contribution in [0, 0.1) is 6.92 Å². The molecule has 0 heterocycles. The van der Waals surface area contributed by atoms with Crippen LogP contribution in [0.2, 0.25) is 0 Å². The third kappa shape index (κ3) is 4.68. The minimum absolute atomic E-state index is 0.0565. The number of aryl methyl sites for hydroxylation is 1. The van der Waals surface area contributed by atoms with Crippen LogP contribution >= 0.6 is 0 Å². The van der Waals surface area contributed by atoms with Crippen molar-refractivity contribution in [2.75, 3.05) is 11.9 Å². The summed E-state index contributed by atoms with van der Waals surface area (Å²) in [5.74, 6) is -0.0883. The van der Waals surface area contributed by atoms with Crippen LogP contribution in [0.3, 0.4) is 0 Å². The van der Waals surface area contributed by atoms with Crippen LogP contribution in [0.4, 0.5) is 5.69 Å². The van der Waals surface area contributed by atoms with Crippen LogP contribution in [0.1, 0.15) is 41.3 Å². The zero-order valence-electron chi connectivity index (χ0n) is 13.7. The van der Waals surface area contributed by atoms with Crippen LogP contribution in [0.25, 0.3) is 0 Å². The molecule has 0 aliphatic heterocycles. The molecule has 0 aromatic heterocycles. The summed E-state index contributed by atoms with van der Waals surface area (Å²) in [6.07, 6.45) is 0. The number of rotatable bonds is 5. The highest BCUT2D eigenvalue weighted by molar-refractivity contribution is 6.00. The molecule has 0 fully saturated rings. The minimum Gasteiger partial charge on any atom is -0.343 e. The van der Waals surface area contributed by atoms with Crippen molar-refractivity contribution in [3.05, 3.63) is 65.2 Å². The van der Waals surface area contributed by atoms with E-state index in [0.717, 1.165) is 16.8 Å². The van der Waals surface area contributed by atoms with Crippen molar-refractivity contribution in [1.29, 1.82) is 0 Å². The molecule has 2 amide bonds. The summed E-state index contributed by atoms with van der Waals surface area (Å²) < 4.78 is 0. The van der Waals surface area contributed by atoms with Crippen molar-refractivity contribution in [3.63, 3.8) is 0 Å². The van der Waals surface area contributed by atoms with E-state index in [4.69, 9.17) is 0 Å². The summed E-state index contributed by atoms with van der Waals surface area (Å²) in [6, 6.07) is 15.0.